The third kappa shape index (κ3) is 3.46. The summed E-state index contributed by atoms with van der Waals surface area (Å²) in [4.78, 5) is 24.3. The minimum Gasteiger partial charge on any atom is -0.481 e. The molecule has 1 unspecified atom stereocenters. The standard InChI is InChI=1S/C12H19N5O3/c1-9(11(18)19)3-2-4-13-12(20)16-5-6-17-8-14-15-10(17)7-16/h8-9H,2-7H2,1H3,(H,13,20)(H,18,19). The zero-order chi connectivity index (χ0) is 14.5. The van der Waals surface area contributed by atoms with Gasteiger partial charge in [0.05, 0.1) is 12.5 Å². The van der Waals surface area contributed by atoms with Crippen molar-refractivity contribution in [2.24, 2.45) is 5.92 Å². The minimum atomic E-state index is -0.799. The molecule has 110 valence electrons. The molecule has 0 radical (unpaired) electrons. The summed E-state index contributed by atoms with van der Waals surface area (Å²) in [5, 5.41) is 19.3. The number of hydrogen-bond donors (Lipinski definition) is 2. The number of nitrogens with one attached hydrogen (secondary N) is 1. The summed E-state index contributed by atoms with van der Waals surface area (Å²) in [6.45, 7) is 3.94. The zero-order valence-electron chi connectivity index (χ0n) is 11.4. The summed E-state index contributed by atoms with van der Waals surface area (Å²) in [6, 6.07) is -0.137. The van der Waals surface area contributed by atoms with Crippen molar-refractivity contribution >= 4 is 12.0 Å². The quantitative estimate of drug-likeness (QED) is 0.756. The van der Waals surface area contributed by atoms with Crippen molar-refractivity contribution in [3.63, 3.8) is 0 Å². The van der Waals surface area contributed by atoms with Crippen LogP contribution in [-0.2, 0) is 17.9 Å². The average molecular weight is 281 g/mol. The van der Waals surface area contributed by atoms with E-state index in [0.717, 1.165) is 5.82 Å². The topological polar surface area (TPSA) is 100 Å². The van der Waals surface area contributed by atoms with Crippen LogP contribution in [0.25, 0.3) is 0 Å². The second-order valence-corrected chi connectivity index (χ2v) is 4.98. The van der Waals surface area contributed by atoms with E-state index in [2.05, 4.69) is 15.5 Å². The number of carbonyl (C=O) groups excluding carboxylic acids is 1. The maximum absolute atomic E-state index is 11.9. The van der Waals surface area contributed by atoms with E-state index in [1.807, 2.05) is 4.57 Å². The summed E-state index contributed by atoms with van der Waals surface area (Å²) in [7, 11) is 0. The van der Waals surface area contributed by atoms with Gasteiger partial charge in [0.15, 0.2) is 5.82 Å². The van der Waals surface area contributed by atoms with Crippen molar-refractivity contribution in [2.75, 3.05) is 13.1 Å². The first-order valence-electron chi connectivity index (χ1n) is 6.70. The van der Waals surface area contributed by atoms with Gasteiger partial charge in [0.2, 0.25) is 0 Å². The van der Waals surface area contributed by atoms with Crippen LogP contribution in [0, 0.1) is 5.92 Å². The van der Waals surface area contributed by atoms with Crippen LogP contribution in [0.1, 0.15) is 25.6 Å². The molecule has 0 saturated heterocycles. The Hall–Kier alpha value is -2.12. The number of carboxylic acids is 1. The van der Waals surface area contributed by atoms with Crippen LogP contribution in [0.3, 0.4) is 0 Å². The normalized spacial score (nSPS) is 15.6. The molecule has 2 N–H and O–H groups in total. The van der Waals surface area contributed by atoms with Gasteiger partial charge in [-0.05, 0) is 12.8 Å². The molecule has 2 heterocycles. The van der Waals surface area contributed by atoms with Gasteiger partial charge in [-0.2, -0.15) is 0 Å². The number of carboxylic acid groups (broad SMARTS) is 1. The highest BCUT2D eigenvalue weighted by Crippen LogP contribution is 2.09. The minimum absolute atomic E-state index is 0.137. The molecule has 20 heavy (non-hydrogen) atoms. The Morgan fingerprint density at radius 1 is 1.50 bits per heavy atom. The summed E-state index contributed by atoms with van der Waals surface area (Å²) in [5.74, 6) is -0.391. The summed E-state index contributed by atoms with van der Waals surface area (Å²) >= 11 is 0. The third-order valence-electron chi connectivity index (χ3n) is 3.44. The molecular weight excluding hydrogens is 262 g/mol. The van der Waals surface area contributed by atoms with E-state index in [-0.39, 0.29) is 11.9 Å². The van der Waals surface area contributed by atoms with Crippen molar-refractivity contribution in [1.82, 2.24) is 25.0 Å². The Kier molecular flexibility index (Phi) is 4.54. The van der Waals surface area contributed by atoms with Crippen molar-refractivity contribution < 1.29 is 14.7 Å². The number of aliphatic carboxylic acids is 1. The lowest BCUT2D eigenvalue weighted by molar-refractivity contribution is -0.141. The maximum atomic E-state index is 11.9. The van der Waals surface area contributed by atoms with Crippen LogP contribution in [0.15, 0.2) is 6.33 Å². The summed E-state index contributed by atoms with van der Waals surface area (Å²) in [5.41, 5.74) is 0. The van der Waals surface area contributed by atoms with Crippen molar-refractivity contribution in [1.29, 1.82) is 0 Å². The fourth-order valence-electron chi connectivity index (χ4n) is 2.08. The number of urea groups is 1. The number of amides is 2. The van der Waals surface area contributed by atoms with Gasteiger partial charge in [-0.1, -0.05) is 6.92 Å². The molecule has 0 spiro atoms. The van der Waals surface area contributed by atoms with E-state index in [9.17, 15) is 9.59 Å². The predicted octanol–water partition coefficient (Wildman–Crippen LogP) is 0.304. The van der Waals surface area contributed by atoms with Gasteiger partial charge in [-0.3, -0.25) is 4.79 Å². The molecule has 0 bridgehead atoms. The van der Waals surface area contributed by atoms with E-state index >= 15 is 0 Å². The fourth-order valence-corrected chi connectivity index (χ4v) is 2.08. The van der Waals surface area contributed by atoms with Gasteiger partial charge in [-0.15, -0.1) is 10.2 Å². The van der Waals surface area contributed by atoms with E-state index in [0.29, 0.717) is 39.0 Å². The highest BCUT2D eigenvalue weighted by molar-refractivity contribution is 5.74. The van der Waals surface area contributed by atoms with Gasteiger partial charge in [0.25, 0.3) is 0 Å². The van der Waals surface area contributed by atoms with Crippen LogP contribution >= 0.6 is 0 Å². The van der Waals surface area contributed by atoms with Crippen LogP contribution < -0.4 is 5.32 Å². The number of hydrogen-bond acceptors (Lipinski definition) is 4. The molecular formula is C12H19N5O3. The lowest BCUT2D eigenvalue weighted by Crippen LogP contribution is -2.44. The van der Waals surface area contributed by atoms with Crippen LogP contribution in [-0.4, -0.2) is 49.9 Å². The molecule has 8 heteroatoms. The SMILES string of the molecule is CC(CCCNC(=O)N1CCn2cnnc2C1)C(=O)O. The van der Waals surface area contributed by atoms with Gasteiger partial charge < -0.3 is 19.9 Å². The molecule has 1 aromatic rings. The number of aromatic nitrogens is 3. The first-order valence-corrected chi connectivity index (χ1v) is 6.70. The first kappa shape index (κ1) is 14.3. The summed E-state index contributed by atoms with van der Waals surface area (Å²) < 4.78 is 1.93. The zero-order valence-corrected chi connectivity index (χ0v) is 11.4. The molecule has 0 aliphatic carbocycles. The first-order chi connectivity index (χ1) is 9.58. The largest absolute Gasteiger partial charge is 0.481 e. The second-order valence-electron chi connectivity index (χ2n) is 4.98. The second kappa shape index (κ2) is 6.36. The maximum Gasteiger partial charge on any atom is 0.317 e. The van der Waals surface area contributed by atoms with Crippen molar-refractivity contribution in [3.05, 3.63) is 12.2 Å². The lowest BCUT2D eigenvalue weighted by atomic mass is 10.1. The molecule has 0 fully saturated rings. The Labute approximate surface area is 116 Å². The highest BCUT2D eigenvalue weighted by atomic mass is 16.4. The molecule has 1 aliphatic heterocycles. The van der Waals surface area contributed by atoms with E-state index < -0.39 is 5.97 Å². The van der Waals surface area contributed by atoms with Crippen LogP contribution in [0.4, 0.5) is 4.79 Å². The molecule has 2 amide bonds. The molecule has 1 atom stereocenters. The Morgan fingerprint density at radius 2 is 2.30 bits per heavy atom. The van der Waals surface area contributed by atoms with Crippen molar-refractivity contribution in [2.45, 2.75) is 32.9 Å². The average Bonchev–Trinajstić information content (AvgIpc) is 2.90. The fraction of sp³-hybridized carbons (Fsp3) is 0.667. The molecule has 1 aromatic heterocycles. The van der Waals surface area contributed by atoms with E-state index in [1.165, 1.54) is 0 Å². The lowest BCUT2D eigenvalue weighted by Gasteiger charge is -2.27. The smallest absolute Gasteiger partial charge is 0.317 e. The van der Waals surface area contributed by atoms with Crippen molar-refractivity contribution in [3.8, 4) is 0 Å². The Bertz CT molecular complexity index is 487. The van der Waals surface area contributed by atoms with Gasteiger partial charge in [0.1, 0.15) is 6.33 Å². The Morgan fingerprint density at radius 3 is 3.05 bits per heavy atom. The van der Waals surface area contributed by atoms with Gasteiger partial charge in [-0.25, -0.2) is 4.79 Å². The molecule has 2 rings (SSSR count). The van der Waals surface area contributed by atoms with Gasteiger partial charge >= 0.3 is 12.0 Å². The predicted molar refractivity (Wildman–Crippen MR) is 69.9 cm³/mol. The molecule has 1 aliphatic rings. The van der Waals surface area contributed by atoms with Gasteiger partial charge in [0, 0.05) is 19.6 Å². The molecule has 0 saturated carbocycles. The number of carbonyl (C=O) groups is 2. The molecule has 8 nitrogen and oxygen atoms in total. The highest BCUT2D eigenvalue weighted by Gasteiger charge is 2.21. The van der Waals surface area contributed by atoms with Crippen LogP contribution in [0.2, 0.25) is 0 Å². The number of rotatable bonds is 5. The molecule has 0 aromatic carbocycles. The summed E-state index contributed by atoms with van der Waals surface area (Å²) in [6.07, 6.45) is 2.88. The third-order valence-corrected chi connectivity index (χ3v) is 3.44. The Balaban J connectivity index is 1.70. The number of fused-ring (bicyclic) bond motifs is 1. The van der Waals surface area contributed by atoms with Crippen LogP contribution in [0.5, 0.6) is 0 Å². The van der Waals surface area contributed by atoms with E-state index in [1.54, 1.807) is 18.2 Å². The number of nitrogens with zero attached hydrogens (tertiary/aromatic N) is 4. The van der Waals surface area contributed by atoms with E-state index in [4.69, 9.17) is 5.11 Å². The monoisotopic (exact) mass is 281 g/mol.